The molecule has 1 saturated heterocycles. The van der Waals surface area contributed by atoms with Crippen molar-refractivity contribution in [2.24, 2.45) is 0 Å². The number of amidine groups is 1. The molecule has 2 heteroatoms. The van der Waals surface area contributed by atoms with Crippen LogP contribution in [0.4, 0.5) is 5.69 Å². The average molecular weight is 216 g/mol. The number of hydrogen-bond donors (Lipinski definition) is 1. The van der Waals surface area contributed by atoms with Gasteiger partial charge in [0, 0.05) is 18.7 Å². The number of aryl methyl sites for hydroxylation is 1. The van der Waals surface area contributed by atoms with E-state index < -0.39 is 0 Å². The van der Waals surface area contributed by atoms with E-state index in [1.807, 2.05) is 0 Å². The van der Waals surface area contributed by atoms with E-state index in [0.29, 0.717) is 0 Å². The standard InChI is InChI=1S/C14H20N2/c1-2-7-12-8-3-4-9-13(12)16-11-6-5-10-14(16)15/h3-4,8-9,15H,2,5-7,10-11H2,1H3. The van der Waals surface area contributed by atoms with Crippen molar-refractivity contribution in [2.45, 2.75) is 39.0 Å². The summed E-state index contributed by atoms with van der Waals surface area (Å²) in [6.07, 6.45) is 5.59. The molecule has 0 atom stereocenters. The fourth-order valence-corrected chi connectivity index (χ4v) is 2.35. The molecule has 1 aliphatic heterocycles. The number of benzene rings is 1. The van der Waals surface area contributed by atoms with Crippen LogP contribution < -0.4 is 4.90 Å². The van der Waals surface area contributed by atoms with Gasteiger partial charge in [0.25, 0.3) is 0 Å². The number of anilines is 1. The number of hydrogen-bond acceptors (Lipinski definition) is 1. The van der Waals surface area contributed by atoms with Crippen LogP contribution in [0.2, 0.25) is 0 Å². The summed E-state index contributed by atoms with van der Waals surface area (Å²) in [5.74, 6) is 0.787. The molecule has 1 N–H and O–H groups in total. The first-order valence-corrected chi connectivity index (χ1v) is 6.26. The molecule has 0 unspecified atom stereocenters. The molecule has 0 amide bonds. The van der Waals surface area contributed by atoms with Gasteiger partial charge in [-0.1, -0.05) is 31.5 Å². The summed E-state index contributed by atoms with van der Waals surface area (Å²) in [5, 5.41) is 8.04. The Balaban J connectivity index is 2.27. The summed E-state index contributed by atoms with van der Waals surface area (Å²) in [7, 11) is 0. The smallest absolute Gasteiger partial charge is 0.100 e. The van der Waals surface area contributed by atoms with Crippen LogP contribution in [0, 0.1) is 5.41 Å². The van der Waals surface area contributed by atoms with E-state index in [-0.39, 0.29) is 0 Å². The molecule has 0 bridgehead atoms. The van der Waals surface area contributed by atoms with Gasteiger partial charge in [-0.2, -0.15) is 0 Å². The first-order valence-electron chi connectivity index (χ1n) is 6.26. The van der Waals surface area contributed by atoms with Crippen LogP contribution in [0.25, 0.3) is 0 Å². The second kappa shape index (κ2) is 5.15. The predicted molar refractivity (Wildman–Crippen MR) is 69.4 cm³/mol. The highest BCUT2D eigenvalue weighted by molar-refractivity contribution is 5.96. The number of nitrogens with zero attached hydrogens (tertiary/aromatic N) is 1. The van der Waals surface area contributed by atoms with Gasteiger partial charge in [-0.3, -0.25) is 5.41 Å². The van der Waals surface area contributed by atoms with Crippen LogP contribution in [0.5, 0.6) is 0 Å². The van der Waals surface area contributed by atoms with E-state index in [0.717, 1.165) is 31.6 Å². The SMILES string of the molecule is CCCc1ccccc1N1CCCCC1=N. The highest BCUT2D eigenvalue weighted by Gasteiger charge is 2.18. The maximum absolute atomic E-state index is 8.04. The molecule has 0 radical (unpaired) electrons. The summed E-state index contributed by atoms with van der Waals surface area (Å²) in [4.78, 5) is 2.19. The molecule has 86 valence electrons. The van der Waals surface area contributed by atoms with E-state index in [1.54, 1.807) is 0 Å². The van der Waals surface area contributed by atoms with E-state index >= 15 is 0 Å². The molecular formula is C14H20N2. The highest BCUT2D eigenvalue weighted by Crippen LogP contribution is 2.25. The second-order valence-electron chi connectivity index (χ2n) is 4.43. The van der Waals surface area contributed by atoms with Crippen LogP contribution in [0.3, 0.4) is 0 Å². The molecule has 2 rings (SSSR count). The number of para-hydroxylation sites is 1. The topological polar surface area (TPSA) is 27.1 Å². The lowest BCUT2D eigenvalue weighted by atomic mass is 10.0. The Morgan fingerprint density at radius 3 is 2.81 bits per heavy atom. The Kier molecular flexibility index (Phi) is 3.60. The van der Waals surface area contributed by atoms with Crippen molar-refractivity contribution in [3.05, 3.63) is 29.8 Å². The van der Waals surface area contributed by atoms with Crippen molar-refractivity contribution >= 4 is 11.5 Å². The van der Waals surface area contributed by atoms with Crippen molar-refractivity contribution < 1.29 is 0 Å². The number of nitrogens with one attached hydrogen (secondary N) is 1. The molecule has 0 aromatic heterocycles. The lowest BCUT2D eigenvalue weighted by Crippen LogP contribution is -2.35. The van der Waals surface area contributed by atoms with Crippen molar-refractivity contribution in [3.63, 3.8) is 0 Å². The quantitative estimate of drug-likeness (QED) is 0.821. The van der Waals surface area contributed by atoms with Crippen molar-refractivity contribution in [3.8, 4) is 0 Å². The third-order valence-corrected chi connectivity index (χ3v) is 3.17. The third-order valence-electron chi connectivity index (χ3n) is 3.17. The van der Waals surface area contributed by atoms with Gasteiger partial charge in [-0.05, 0) is 30.9 Å². The maximum Gasteiger partial charge on any atom is 0.100 e. The second-order valence-corrected chi connectivity index (χ2v) is 4.43. The van der Waals surface area contributed by atoms with Gasteiger partial charge in [-0.15, -0.1) is 0 Å². The Labute approximate surface area is 97.8 Å². The largest absolute Gasteiger partial charge is 0.330 e. The lowest BCUT2D eigenvalue weighted by Gasteiger charge is -2.31. The van der Waals surface area contributed by atoms with Crippen LogP contribution in [0.1, 0.15) is 38.2 Å². The van der Waals surface area contributed by atoms with Gasteiger partial charge in [0.2, 0.25) is 0 Å². The Hall–Kier alpha value is -1.31. The number of piperidine rings is 1. The van der Waals surface area contributed by atoms with E-state index in [2.05, 4.69) is 36.1 Å². The fraction of sp³-hybridized carbons (Fsp3) is 0.500. The van der Waals surface area contributed by atoms with Crippen LogP contribution in [-0.4, -0.2) is 12.4 Å². The molecule has 1 aromatic carbocycles. The van der Waals surface area contributed by atoms with Crippen molar-refractivity contribution in [1.29, 1.82) is 5.41 Å². The average Bonchev–Trinajstić information content (AvgIpc) is 2.31. The highest BCUT2D eigenvalue weighted by atomic mass is 15.2. The number of rotatable bonds is 3. The van der Waals surface area contributed by atoms with E-state index in [1.165, 1.54) is 24.1 Å². The molecule has 1 fully saturated rings. The summed E-state index contributed by atoms with van der Waals surface area (Å²) in [6, 6.07) is 8.53. The molecule has 1 aromatic rings. The van der Waals surface area contributed by atoms with Gasteiger partial charge in [-0.25, -0.2) is 0 Å². The minimum Gasteiger partial charge on any atom is -0.330 e. The molecular weight excluding hydrogens is 196 g/mol. The first kappa shape index (κ1) is 11.2. The molecule has 1 heterocycles. The van der Waals surface area contributed by atoms with Gasteiger partial charge >= 0.3 is 0 Å². The zero-order chi connectivity index (χ0) is 11.4. The maximum atomic E-state index is 8.04. The zero-order valence-electron chi connectivity index (χ0n) is 10.00. The molecule has 0 spiro atoms. The van der Waals surface area contributed by atoms with Gasteiger partial charge in [0.05, 0.1) is 0 Å². The molecule has 0 aliphatic carbocycles. The summed E-state index contributed by atoms with van der Waals surface area (Å²) in [5.41, 5.74) is 2.64. The van der Waals surface area contributed by atoms with Crippen molar-refractivity contribution in [2.75, 3.05) is 11.4 Å². The Morgan fingerprint density at radius 2 is 2.06 bits per heavy atom. The Bertz CT molecular complexity index is 371. The van der Waals surface area contributed by atoms with Crippen LogP contribution in [-0.2, 0) is 6.42 Å². The van der Waals surface area contributed by atoms with E-state index in [4.69, 9.17) is 5.41 Å². The third kappa shape index (κ3) is 2.26. The summed E-state index contributed by atoms with van der Waals surface area (Å²) >= 11 is 0. The minimum atomic E-state index is 0.787. The summed E-state index contributed by atoms with van der Waals surface area (Å²) < 4.78 is 0. The molecule has 16 heavy (non-hydrogen) atoms. The minimum absolute atomic E-state index is 0.787. The fourth-order valence-electron chi connectivity index (χ4n) is 2.35. The van der Waals surface area contributed by atoms with Gasteiger partial charge < -0.3 is 4.90 Å². The summed E-state index contributed by atoms with van der Waals surface area (Å²) in [6.45, 7) is 3.22. The normalized spacial score (nSPS) is 16.6. The van der Waals surface area contributed by atoms with E-state index in [9.17, 15) is 0 Å². The van der Waals surface area contributed by atoms with Crippen LogP contribution in [0.15, 0.2) is 24.3 Å². The van der Waals surface area contributed by atoms with Crippen LogP contribution >= 0.6 is 0 Å². The van der Waals surface area contributed by atoms with Crippen molar-refractivity contribution in [1.82, 2.24) is 0 Å². The lowest BCUT2D eigenvalue weighted by molar-refractivity contribution is 0.705. The molecule has 1 aliphatic rings. The van der Waals surface area contributed by atoms with Gasteiger partial charge in [0.1, 0.15) is 5.84 Å². The predicted octanol–water partition coefficient (Wildman–Crippen LogP) is 3.61. The Morgan fingerprint density at radius 1 is 1.25 bits per heavy atom. The molecule has 0 saturated carbocycles. The van der Waals surface area contributed by atoms with Gasteiger partial charge in [0.15, 0.2) is 0 Å². The first-order chi connectivity index (χ1) is 7.83. The monoisotopic (exact) mass is 216 g/mol. The molecule has 2 nitrogen and oxygen atoms in total. The zero-order valence-corrected chi connectivity index (χ0v) is 10.00.